The molecule has 44 atom stereocenters. The van der Waals surface area contributed by atoms with Gasteiger partial charge in [0.1, 0.15) is 207 Å². The van der Waals surface area contributed by atoms with E-state index in [0.29, 0.717) is 0 Å². The molecule has 4 amide bonds. The highest BCUT2D eigenvalue weighted by Gasteiger charge is 2.60. The zero-order valence-corrected chi connectivity index (χ0v) is 59.6. The summed E-state index contributed by atoms with van der Waals surface area (Å²) in [5, 5.41) is 265. The topological polar surface area (TPSA) is 739 Å². The molecule has 27 N–H and O–H groups in total. The number of carbonyl (C=O) groups is 4. The SMILES string of the molecule is CC(=O)N[C@H]1[C@H](O[C@H]2[C@H](O)[C@@H](NC(C)=O)CO[C@@H]2CO[C@H]2O[C@@H](C)[C@@H](O)[C@@H](O)[C@@H]2O)O[C@H](CO)[C@@H](O[C@H]2O[C@H](CO[C@H]3O[C@H](CO)[C@@H](O)[C@H](O)[C@@H]3O[C@H]3O[C@H](CO)[C@@H](O[C@H]4O[C@H](CO)[C@H](O)[C@H](O)[C@H]4O)[C@H](O)[C@H]3NC(C)=O)[C@@H](O)[C@H](O[C@H]3O[C@H](CO)[C@@H](O)[C@H](O)[C@@H]3O[C@@H]3O[C@H](CO)[C@@H](O)[C@H](O)[C@H]3NC(C)=O)[C@@H]2O)[C@@H]1O. The fraction of sp³-hybridized carbons (Fsp3) is 0.935. The third-order valence-corrected chi connectivity index (χ3v) is 20.2. The van der Waals surface area contributed by atoms with Crippen molar-refractivity contribution >= 4 is 23.6 Å². The lowest BCUT2D eigenvalue weighted by Crippen LogP contribution is -2.70. The molecule has 636 valence electrons. The highest BCUT2D eigenvalue weighted by molar-refractivity contribution is 5.74. The first kappa shape index (κ1) is 90.2. The summed E-state index contributed by atoms with van der Waals surface area (Å²) in [4.78, 5) is 50.9. The number of aliphatic hydroxyl groups is 23. The monoisotopic (exact) mass is 1610 g/mol. The van der Waals surface area contributed by atoms with E-state index >= 15 is 0 Å². The van der Waals surface area contributed by atoms with Crippen molar-refractivity contribution in [3.8, 4) is 0 Å². The molecule has 0 radical (unpaired) electrons. The van der Waals surface area contributed by atoms with Gasteiger partial charge in [-0.25, -0.2) is 0 Å². The second-order valence-electron chi connectivity index (χ2n) is 28.1. The predicted octanol–water partition coefficient (Wildman–Crippen LogP) is -18.3. The Bertz CT molecular complexity index is 2920. The molecule has 0 aromatic rings. The predicted molar refractivity (Wildman–Crippen MR) is 341 cm³/mol. The quantitative estimate of drug-likeness (QED) is 0.0346. The van der Waals surface area contributed by atoms with Gasteiger partial charge in [-0.2, -0.15) is 0 Å². The van der Waals surface area contributed by atoms with Crippen LogP contribution in [0.25, 0.3) is 0 Å². The van der Waals surface area contributed by atoms with Crippen LogP contribution >= 0.6 is 0 Å². The van der Waals surface area contributed by atoms with E-state index in [-0.39, 0.29) is 0 Å². The maximum atomic E-state index is 13.2. The van der Waals surface area contributed by atoms with Crippen LogP contribution in [0.4, 0.5) is 0 Å². The van der Waals surface area contributed by atoms with Gasteiger partial charge in [0.15, 0.2) is 50.3 Å². The van der Waals surface area contributed by atoms with Crippen LogP contribution < -0.4 is 21.3 Å². The number of aliphatic hydroxyl groups excluding tert-OH is 23. The van der Waals surface area contributed by atoms with Crippen molar-refractivity contribution in [2.24, 2.45) is 0 Å². The van der Waals surface area contributed by atoms with Crippen molar-refractivity contribution in [3.05, 3.63) is 0 Å². The first-order valence-electron chi connectivity index (χ1n) is 35.3. The van der Waals surface area contributed by atoms with E-state index in [1.54, 1.807) is 0 Å². The van der Waals surface area contributed by atoms with Gasteiger partial charge in [-0.05, 0) is 6.92 Å². The Morgan fingerprint density at radius 1 is 0.282 bits per heavy atom. The maximum absolute atomic E-state index is 13.2. The summed E-state index contributed by atoms with van der Waals surface area (Å²) in [6, 6.07) is -6.82. The summed E-state index contributed by atoms with van der Waals surface area (Å²) >= 11 is 0. The van der Waals surface area contributed by atoms with Crippen molar-refractivity contribution in [2.45, 2.75) is 304 Å². The van der Waals surface area contributed by atoms with Crippen LogP contribution in [0, 0.1) is 0 Å². The first-order chi connectivity index (χ1) is 52.0. The van der Waals surface area contributed by atoms with Gasteiger partial charge in [-0.1, -0.05) is 0 Å². The second kappa shape index (κ2) is 39.5. The molecule has 0 bridgehead atoms. The van der Waals surface area contributed by atoms with Crippen LogP contribution in [0.15, 0.2) is 0 Å². The smallest absolute Gasteiger partial charge is 0.217 e. The number of ether oxygens (including phenoxy) is 17. The van der Waals surface area contributed by atoms with E-state index < -0.39 is 353 Å². The molecule has 9 aliphatic rings. The Balaban J connectivity index is 1.04. The average Bonchev–Trinajstić information content (AvgIpc) is 0.770. The van der Waals surface area contributed by atoms with Crippen LogP contribution in [0.3, 0.4) is 0 Å². The molecule has 0 unspecified atom stereocenters. The minimum Gasteiger partial charge on any atom is -0.394 e. The fourth-order valence-electron chi connectivity index (χ4n) is 14.2. The second-order valence-corrected chi connectivity index (χ2v) is 28.1. The number of amides is 4. The van der Waals surface area contributed by atoms with Crippen molar-refractivity contribution in [1.29, 1.82) is 0 Å². The Labute approximate surface area is 624 Å². The van der Waals surface area contributed by atoms with Crippen molar-refractivity contribution < 1.29 is 217 Å². The fourth-order valence-corrected chi connectivity index (χ4v) is 14.2. The van der Waals surface area contributed by atoms with E-state index in [4.69, 9.17) is 80.5 Å². The van der Waals surface area contributed by atoms with Gasteiger partial charge in [-0.3, -0.25) is 19.2 Å². The first-order valence-corrected chi connectivity index (χ1v) is 35.3. The highest BCUT2D eigenvalue weighted by atomic mass is 16.8. The molecule has 110 heavy (non-hydrogen) atoms. The largest absolute Gasteiger partial charge is 0.394 e. The van der Waals surface area contributed by atoms with Crippen LogP contribution in [-0.4, -0.2) is 470 Å². The van der Waals surface area contributed by atoms with Crippen molar-refractivity contribution in [3.63, 3.8) is 0 Å². The maximum Gasteiger partial charge on any atom is 0.217 e. The number of rotatable bonds is 28. The average molecular weight is 1610 g/mol. The number of carbonyl (C=O) groups excluding carboxylic acids is 4. The highest BCUT2D eigenvalue weighted by Crippen LogP contribution is 2.39. The molecule has 0 spiro atoms. The molecule has 48 heteroatoms. The molecule has 9 aliphatic heterocycles. The standard InChI is InChI=1S/C62H104N4O44/c1-15-32(77)42(87)46(91)58(97-15)95-14-28-51(33(78)20(12-94-28)63-16(2)73)105-56-30(65-18(4)75)40(85)50(26(11-72)102-56)107-60-48(93)52(108-62-54(45(90)37(82)24(9-70)101-62)110-55-29(64-17(3)74)39(84)34(79)21(6-67)98-55)38(83)27(104-60)13-96-61-53(44(89)36(81)23(8-69)100-61)109-57-31(66-19(5)76)41(86)49(25(10-71)103-57)106-59-47(92)43(88)35(80)22(7-68)99-59/h15,20-62,67-72,77-93H,6-14H2,1-5H3,(H,63,73)(H,64,74)(H,65,75)(H,66,76)/t15-,20-,21+,22+,23+,24+,25+,26+,27+,28+,29+,30+,31+,32+,33+,34+,35-,36+,37+,38+,39+,40+,41+,42+,43-,44-,45-,46-,47+,48-,49+,50+,51+,52-,53-,54-,55-,56-,57+,58-,59+,60+,61-,62+/m0/s1. The summed E-state index contributed by atoms with van der Waals surface area (Å²) in [6.07, 6.45) is -79.5. The van der Waals surface area contributed by atoms with Crippen molar-refractivity contribution in [2.75, 3.05) is 59.5 Å². The van der Waals surface area contributed by atoms with Gasteiger partial charge in [0, 0.05) is 27.7 Å². The lowest BCUT2D eigenvalue weighted by atomic mass is 9.94. The summed E-state index contributed by atoms with van der Waals surface area (Å²) in [5.74, 6) is -3.37. The molecule has 0 aromatic carbocycles. The molecule has 48 nitrogen and oxygen atoms in total. The lowest BCUT2D eigenvalue weighted by Gasteiger charge is -2.51. The zero-order valence-electron chi connectivity index (χ0n) is 59.6. The Hall–Kier alpha value is -3.72. The summed E-state index contributed by atoms with van der Waals surface area (Å²) in [6.45, 7) is -3.32. The van der Waals surface area contributed by atoms with Crippen molar-refractivity contribution in [1.82, 2.24) is 21.3 Å². The number of nitrogens with one attached hydrogen (secondary N) is 4. The molecular formula is C62H104N4O44. The van der Waals surface area contributed by atoms with Crippen LogP contribution in [0.5, 0.6) is 0 Å². The van der Waals surface area contributed by atoms with Gasteiger partial charge in [0.25, 0.3) is 0 Å². The molecular weight excluding hydrogens is 1500 g/mol. The molecule has 9 heterocycles. The number of hydrogen-bond acceptors (Lipinski definition) is 44. The minimum atomic E-state index is -2.53. The molecule has 0 aliphatic carbocycles. The van der Waals surface area contributed by atoms with Crippen LogP contribution in [0.1, 0.15) is 34.6 Å². The number of hydrogen-bond donors (Lipinski definition) is 27. The van der Waals surface area contributed by atoms with Gasteiger partial charge in [-0.15, -0.1) is 0 Å². The van der Waals surface area contributed by atoms with E-state index in [1.165, 1.54) is 6.92 Å². The van der Waals surface area contributed by atoms with E-state index in [1.807, 2.05) is 0 Å². The Morgan fingerprint density at radius 3 is 1.08 bits per heavy atom. The van der Waals surface area contributed by atoms with E-state index in [9.17, 15) is 137 Å². The summed E-state index contributed by atoms with van der Waals surface area (Å²) in [5.41, 5.74) is 0. The third-order valence-electron chi connectivity index (χ3n) is 20.2. The zero-order chi connectivity index (χ0) is 80.9. The molecule has 0 aromatic heterocycles. The van der Waals surface area contributed by atoms with E-state index in [0.717, 1.165) is 27.7 Å². The summed E-state index contributed by atoms with van der Waals surface area (Å²) in [7, 11) is 0. The Kier molecular flexibility index (Phi) is 32.4. The third kappa shape index (κ3) is 20.1. The normalized spacial score (nSPS) is 48.9. The molecule has 0 saturated carbocycles. The van der Waals surface area contributed by atoms with Crippen LogP contribution in [-0.2, 0) is 99.7 Å². The van der Waals surface area contributed by atoms with E-state index in [2.05, 4.69) is 21.3 Å². The molecule has 9 rings (SSSR count). The minimum absolute atomic E-state index is 0.422. The summed E-state index contributed by atoms with van der Waals surface area (Å²) < 4.78 is 101. The Morgan fingerprint density at radius 2 is 0.609 bits per heavy atom. The lowest BCUT2D eigenvalue weighted by molar-refractivity contribution is -0.396. The van der Waals surface area contributed by atoms with Gasteiger partial charge >= 0.3 is 0 Å². The van der Waals surface area contributed by atoms with Gasteiger partial charge in [0.2, 0.25) is 23.6 Å². The van der Waals surface area contributed by atoms with Gasteiger partial charge < -0.3 is 219 Å². The molecule has 9 fully saturated rings. The van der Waals surface area contributed by atoms with Crippen LogP contribution in [0.2, 0.25) is 0 Å². The molecule has 9 saturated heterocycles. The van der Waals surface area contributed by atoms with Gasteiger partial charge in [0.05, 0.1) is 71.6 Å².